The van der Waals surface area contributed by atoms with E-state index >= 15 is 0 Å². The van der Waals surface area contributed by atoms with Gasteiger partial charge in [0.25, 0.3) is 0 Å². The van der Waals surface area contributed by atoms with E-state index in [1.807, 2.05) is 30.3 Å². The Hall–Kier alpha value is -3.21. The first-order chi connectivity index (χ1) is 13.7. The summed E-state index contributed by atoms with van der Waals surface area (Å²) in [4.78, 5) is 0. The lowest BCUT2D eigenvalue weighted by molar-refractivity contribution is 0.174. The van der Waals surface area contributed by atoms with Crippen molar-refractivity contribution >= 4 is 5.71 Å². The highest BCUT2D eigenvalue weighted by Gasteiger charge is 2.25. The van der Waals surface area contributed by atoms with Gasteiger partial charge in [0.2, 0.25) is 6.79 Å². The third kappa shape index (κ3) is 3.03. The van der Waals surface area contributed by atoms with Crippen molar-refractivity contribution in [3.63, 3.8) is 0 Å². The zero-order valence-electron chi connectivity index (χ0n) is 15.9. The molecule has 2 aliphatic heterocycles. The molecule has 1 N–H and O–H groups in total. The summed E-state index contributed by atoms with van der Waals surface area (Å²) in [6.45, 7) is 4.67. The zero-order valence-corrected chi connectivity index (χ0v) is 15.9. The molecular formula is C23H22N2O3. The van der Waals surface area contributed by atoms with E-state index in [9.17, 15) is 0 Å². The standard InChI is InChI=1S/C23H22N2O3/c1-14(2)15-3-5-16(6-4-15)20-9-10-21(28-20)19-12-18(24-25-19)17-7-8-22-23(11-17)27-13-26-22/h3-11,14,19,25H,12-13H2,1-2H3. The fourth-order valence-electron chi connectivity index (χ4n) is 3.59. The highest BCUT2D eigenvalue weighted by atomic mass is 16.7. The smallest absolute Gasteiger partial charge is 0.231 e. The maximum atomic E-state index is 6.13. The van der Waals surface area contributed by atoms with Crippen molar-refractivity contribution in [1.29, 1.82) is 0 Å². The number of hydrazone groups is 1. The minimum atomic E-state index is 0.0316. The molecular weight excluding hydrogens is 352 g/mol. The lowest BCUT2D eigenvalue weighted by Gasteiger charge is -2.07. The molecule has 5 heteroatoms. The fraction of sp³-hybridized carbons (Fsp3) is 0.261. The molecule has 0 amide bonds. The number of ether oxygens (including phenoxy) is 2. The topological polar surface area (TPSA) is 56.0 Å². The number of nitrogens with zero attached hydrogens (tertiary/aromatic N) is 1. The minimum absolute atomic E-state index is 0.0316. The third-order valence-corrected chi connectivity index (χ3v) is 5.29. The fourth-order valence-corrected chi connectivity index (χ4v) is 3.59. The van der Waals surface area contributed by atoms with Gasteiger partial charge in [0.15, 0.2) is 11.5 Å². The van der Waals surface area contributed by atoms with Crippen molar-refractivity contribution in [2.24, 2.45) is 5.10 Å². The Balaban J connectivity index is 1.31. The molecule has 0 saturated carbocycles. The van der Waals surface area contributed by atoms with E-state index in [2.05, 4.69) is 48.6 Å². The van der Waals surface area contributed by atoms with Crippen LogP contribution in [-0.2, 0) is 0 Å². The minimum Gasteiger partial charge on any atom is -0.459 e. The number of benzene rings is 2. The van der Waals surface area contributed by atoms with Crippen molar-refractivity contribution in [3.8, 4) is 22.8 Å². The van der Waals surface area contributed by atoms with Crippen LogP contribution >= 0.6 is 0 Å². The van der Waals surface area contributed by atoms with Crippen LogP contribution in [0.3, 0.4) is 0 Å². The van der Waals surface area contributed by atoms with Gasteiger partial charge in [-0.3, -0.25) is 5.43 Å². The molecule has 3 heterocycles. The first-order valence-corrected chi connectivity index (χ1v) is 9.59. The Labute approximate surface area is 164 Å². The molecule has 142 valence electrons. The molecule has 1 aromatic heterocycles. The molecule has 2 aliphatic rings. The largest absolute Gasteiger partial charge is 0.459 e. The third-order valence-electron chi connectivity index (χ3n) is 5.29. The maximum absolute atomic E-state index is 6.13. The van der Waals surface area contributed by atoms with Crippen molar-refractivity contribution in [2.45, 2.75) is 32.2 Å². The van der Waals surface area contributed by atoms with Crippen LogP contribution in [0.1, 0.15) is 49.1 Å². The highest BCUT2D eigenvalue weighted by molar-refractivity contribution is 6.02. The van der Waals surface area contributed by atoms with E-state index in [1.165, 1.54) is 5.56 Å². The molecule has 0 spiro atoms. The van der Waals surface area contributed by atoms with Gasteiger partial charge in [-0.1, -0.05) is 38.1 Å². The predicted molar refractivity (Wildman–Crippen MR) is 108 cm³/mol. The second-order valence-corrected chi connectivity index (χ2v) is 7.49. The lowest BCUT2D eigenvalue weighted by Crippen LogP contribution is -2.08. The molecule has 5 nitrogen and oxygen atoms in total. The summed E-state index contributed by atoms with van der Waals surface area (Å²) in [6.07, 6.45) is 0.763. The van der Waals surface area contributed by atoms with E-state index < -0.39 is 0 Å². The summed E-state index contributed by atoms with van der Waals surface area (Å²) < 4.78 is 17.0. The molecule has 0 radical (unpaired) electrons. The molecule has 0 aliphatic carbocycles. The highest BCUT2D eigenvalue weighted by Crippen LogP contribution is 2.35. The second kappa shape index (κ2) is 6.75. The Morgan fingerprint density at radius 1 is 0.929 bits per heavy atom. The number of hydrogen-bond acceptors (Lipinski definition) is 5. The molecule has 0 saturated heterocycles. The van der Waals surface area contributed by atoms with Gasteiger partial charge >= 0.3 is 0 Å². The Morgan fingerprint density at radius 3 is 2.54 bits per heavy atom. The Bertz CT molecular complexity index is 1030. The molecule has 5 rings (SSSR count). The zero-order chi connectivity index (χ0) is 19.1. The molecule has 3 aromatic rings. The number of nitrogens with one attached hydrogen (secondary N) is 1. The van der Waals surface area contributed by atoms with Crippen LogP contribution in [0.5, 0.6) is 11.5 Å². The van der Waals surface area contributed by atoms with E-state index in [4.69, 9.17) is 13.9 Å². The van der Waals surface area contributed by atoms with Crippen molar-refractivity contribution in [3.05, 3.63) is 71.5 Å². The second-order valence-electron chi connectivity index (χ2n) is 7.49. The number of rotatable bonds is 4. The Morgan fingerprint density at radius 2 is 1.71 bits per heavy atom. The quantitative estimate of drug-likeness (QED) is 0.679. The number of furan rings is 1. The van der Waals surface area contributed by atoms with E-state index in [1.54, 1.807) is 0 Å². The summed E-state index contributed by atoms with van der Waals surface area (Å²) in [5.41, 5.74) is 7.64. The van der Waals surface area contributed by atoms with Crippen LogP contribution in [0.15, 0.2) is 64.1 Å². The van der Waals surface area contributed by atoms with Crippen LogP contribution < -0.4 is 14.9 Å². The molecule has 1 atom stereocenters. The van der Waals surface area contributed by atoms with E-state index in [0.29, 0.717) is 5.92 Å². The van der Waals surface area contributed by atoms with E-state index in [-0.39, 0.29) is 12.8 Å². The molecule has 0 fully saturated rings. The summed E-state index contributed by atoms with van der Waals surface area (Å²) in [5, 5.41) is 4.51. The van der Waals surface area contributed by atoms with Crippen LogP contribution in [0, 0.1) is 0 Å². The summed E-state index contributed by atoms with van der Waals surface area (Å²) in [6, 6.07) is 18.6. The van der Waals surface area contributed by atoms with Gasteiger partial charge in [-0.15, -0.1) is 0 Å². The Kier molecular flexibility index (Phi) is 4.08. The summed E-state index contributed by atoms with van der Waals surface area (Å²) in [5.74, 6) is 3.85. The van der Waals surface area contributed by atoms with Crippen LogP contribution in [-0.4, -0.2) is 12.5 Å². The van der Waals surface area contributed by atoms with Gasteiger partial charge in [0.05, 0.1) is 5.71 Å². The van der Waals surface area contributed by atoms with Gasteiger partial charge in [0, 0.05) is 17.5 Å². The normalized spacial score (nSPS) is 17.7. The van der Waals surface area contributed by atoms with Crippen molar-refractivity contribution < 1.29 is 13.9 Å². The van der Waals surface area contributed by atoms with Gasteiger partial charge in [-0.25, -0.2) is 0 Å². The van der Waals surface area contributed by atoms with Gasteiger partial charge in [-0.2, -0.15) is 5.10 Å². The average Bonchev–Trinajstić information content (AvgIpc) is 3.47. The summed E-state index contributed by atoms with van der Waals surface area (Å²) >= 11 is 0. The van der Waals surface area contributed by atoms with E-state index in [0.717, 1.165) is 46.3 Å². The van der Waals surface area contributed by atoms with Crippen molar-refractivity contribution in [2.75, 3.05) is 6.79 Å². The van der Waals surface area contributed by atoms with Crippen LogP contribution in [0.25, 0.3) is 11.3 Å². The number of hydrogen-bond donors (Lipinski definition) is 1. The van der Waals surface area contributed by atoms with Crippen molar-refractivity contribution in [1.82, 2.24) is 5.43 Å². The molecule has 28 heavy (non-hydrogen) atoms. The van der Waals surface area contributed by atoms with Gasteiger partial charge < -0.3 is 13.9 Å². The predicted octanol–water partition coefficient (Wildman–Crippen LogP) is 5.24. The SMILES string of the molecule is CC(C)c1ccc(-c2ccc(C3CC(c4ccc5c(c4)OCO5)=NN3)o2)cc1. The maximum Gasteiger partial charge on any atom is 0.231 e. The van der Waals surface area contributed by atoms with Gasteiger partial charge in [-0.05, 0) is 41.8 Å². The molecule has 1 unspecified atom stereocenters. The lowest BCUT2D eigenvalue weighted by atomic mass is 10.0. The summed E-state index contributed by atoms with van der Waals surface area (Å²) in [7, 11) is 0. The first kappa shape index (κ1) is 16.9. The first-order valence-electron chi connectivity index (χ1n) is 9.59. The van der Waals surface area contributed by atoms with Gasteiger partial charge in [0.1, 0.15) is 17.6 Å². The number of fused-ring (bicyclic) bond motifs is 1. The van der Waals surface area contributed by atoms with Crippen LogP contribution in [0.2, 0.25) is 0 Å². The molecule has 2 aromatic carbocycles. The average molecular weight is 374 g/mol. The van der Waals surface area contributed by atoms with Crippen LogP contribution in [0.4, 0.5) is 0 Å². The molecule has 0 bridgehead atoms. The monoisotopic (exact) mass is 374 g/mol.